The third-order valence-corrected chi connectivity index (χ3v) is 3.67. The summed E-state index contributed by atoms with van der Waals surface area (Å²) in [6.45, 7) is 5.69. The number of ether oxygens (including phenoxy) is 1. The summed E-state index contributed by atoms with van der Waals surface area (Å²) in [6.07, 6.45) is 4.26. The largest absolute Gasteiger partial charge is 0.489 e. The van der Waals surface area contributed by atoms with Gasteiger partial charge in [0.25, 0.3) is 0 Å². The van der Waals surface area contributed by atoms with Gasteiger partial charge in [-0.3, -0.25) is 4.98 Å². The predicted octanol–water partition coefficient (Wildman–Crippen LogP) is 2.91. The first-order valence-electron chi connectivity index (χ1n) is 7.63. The van der Waals surface area contributed by atoms with E-state index in [1.165, 1.54) is 5.56 Å². The average Bonchev–Trinajstić information content (AvgIpc) is 2.55. The molecule has 2 rings (SSSR count). The van der Waals surface area contributed by atoms with Gasteiger partial charge in [0.15, 0.2) is 0 Å². The van der Waals surface area contributed by atoms with E-state index in [1.54, 1.807) is 12.4 Å². The zero-order valence-electron chi connectivity index (χ0n) is 13.2. The fraction of sp³-hybridized carbons (Fsp3) is 0.389. The molecule has 0 aliphatic heterocycles. The molecule has 0 aliphatic rings. The van der Waals surface area contributed by atoms with E-state index in [2.05, 4.69) is 10.3 Å². The SMILES string of the molecule is CCC(C)(O)CNCc1ccc(OCc2ccncc2)cc1. The Morgan fingerprint density at radius 1 is 1.09 bits per heavy atom. The van der Waals surface area contributed by atoms with Gasteiger partial charge >= 0.3 is 0 Å². The molecule has 0 amide bonds. The van der Waals surface area contributed by atoms with Gasteiger partial charge in [-0.25, -0.2) is 0 Å². The van der Waals surface area contributed by atoms with E-state index < -0.39 is 5.60 Å². The highest BCUT2D eigenvalue weighted by molar-refractivity contribution is 5.27. The van der Waals surface area contributed by atoms with Gasteiger partial charge in [0.2, 0.25) is 0 Å². The lowest BCUT2D eigenvalue weighted by Gasteiger charge is -2.21. The third kappa shape index (κ3) is 5.47. The second-order valence-electron chi connectivity index (χ2n) is 5.74. The molecule has 2 aromatic rings. The van der Waals surface area contributed by atoms with Crippen molar-refractivity contribution in [2.24, 2.45) is 0 Å². The Kier molecular flexibility index (Phi) is 5.92. The van der Waals surface area contributed by atoms with Crippen molar-refractivity contribution in [3.8, 4) is 5.75 Å². The molecule has 0 bridgehead atoms. The number of pyridine rings is 1. The molecule has 4 heteroatoms. The molecule has 0 saturated carbocycles. The van der Waals surface area contributed by atoms with Gasteiger partial charge in [0.05, 0.1) is 5.60 Å². The second-order valence-corrected chi connectivity index (χ2v) is 5.74. The molecule has 1 atom stereocenters. The van der Waals surface area contributed by atoms with E-state index in [1.807, 2.05) is 50.2 Å². The molecule has 0 fully saturated rings. The van der Waals surface area contributed by atoms with Crippen molar-refractivity contribution in [1.29, 1.82) is 0 Å². The summed E-state index contributed by atoms with van der Waals surface area (Å²) in [6, 6.07) is 11.9. The molecule has 22 heavy (non-hydrogen) atoms. The van der Waals surface area contributed by atoms with E-state index in [9.17, 15) is 5.11 Å². The van der Waals surface area contributed by atoms with Crippen LogP contribution in [0.5, 0.6) is 5.75 Å². The van der Waals surface area contributed by atoms with Crippen LogP contribution >= 0.6 is 0 Å². The average molecular weight is 300 g/mol. The summed E-state index contributed by atoms with van der Waals surface area (Å²) in [5.74, 6) is 0.848. The number of benzene rings is 1. The summed E-state index contributed by atoms with van der Waals surface area (Å²) in [7, 11) is 0. The molecule has 0 aliphatic carbocycles. The summed E-state index contributed by atoms with van der Waals surface area (Å²) in [5, 5.41) is 13.2. The van der Waals surface area contributed by atoms with Crippen molar-refractivity contribution in [1.82, 2.24) is 10.3 Å². The van der Waals surface area contributed by atoms with Gasteiger partial charge in [-0.05, 0) is 48.7 Å². The molecule has 2 N–H and O–H groups in total. The summed E-state index contributed by atoms with van der Waals surface area (Å²) >= 11 is 0. The summed E-state index contributed by atoms with van der Waals surface area (Å²) in [5.41, 5.74) is 1.62. The first-order chi connectivity index (χ1) is 10.6. The van der Waals surface area contributed by atoms with Crippen molar-refractivity contribution in [3.05, 3.63) is 59.9 Å². The molecule has 0 saturated heterocycles. The number of hydrogen-bond donors (Lipinski definition) is 2. The van der Waals surface area contributed by atoms with Crippen molar-refractivity contribution in [3.63, 3.8) is 0 Å². The lowest BCUT2D eigenvalue weighted by molar-refractivity contribution is 0.0555. The van der Waals surface area contributed by atoms with Crippen LogP contribution in [-0.4, -0.2) is 22.2 Å². The highest BCUT2D eigenvalue weighted by Gasteiger charge is 2.16. The van der Waals surface area contributed by atoms with Crippen LogP contribution in [0.2, 0.25) is 0 Å². The lowest BCUT2D eigenvalue weighted by Crippen LogP contribution is -2.36. The molecule has 1 heterocycles. The number of nitrogens with zero attached hydrogens (tertiary/aromatic N) is 1. The zero-order valence-corrected chi connectivity index (χ0v) is 13.2. The van der Waals surface area contributed by atoms with Gasteiger partial charge in [-0.1, -0.05) is 19.1 Å². The smallest absolute Gasteiger partial charge is 0.119 e. The molecular formula is C18H24N2O2. The quantitative estimate of drug-likeness (QED) is 0.787. The normalized spacial score (nSPS) is 13.6. The molecule has 1 aromatic heterocycles. The highest BCUT2D eigenvalue weighted by atomic mass is 16.5. The maximum atomic E-state index is 9.94. The molecule has 1 aromatic carbocycles. The Hall–Kier alpha value is -1.91. The Morgan fingerprint density at radius 3 is 2.41 bits per heavy atom. The molecule has 0 spiro atoms. The van der Waals surface area contributed by atoms with E-state index in [4.69, 9.17) is 4.74 Å². The van der Waals surface area contributed by atoms with Crippen LogP contribution in [-0.2, 0) is 13.2 Å². The second kappa shape index (κ2) is 7.92. The first kappa shape index (κ1) is 16.5. The minimum absolute atomic E-state index is 0.541. The van der Waals surface area contributed by atoms with Crippen LogP contribution in [0.25, 0.3) is 0 Å². The topological polar surface area (TPSA) is 54.4 Å². The number of hydrogen-bond acceptors (Lipinski definition) is 4. The monoisotopic (exact) mass is 300 g/mol. The van der Waals surface area contributed by atoms with Crippen LogP contribution in [0.15, 0.2) is 48.8 Å². The first-order valence-corrected chi connectivity index (χ1v) is 7.63. The van der Waals surface area contributed by atoms with Crippen molar-refractivity contribution >= 4 is 0 Å². The third-order valence-electron chi connectivity index (χ3n) is 3.67. The van der Waals surface area contributed by atoms with Gasteiger partial charge in [-0.15, -0.1) is 0 Å². The van der Waals surface area contributed by atoms with Crippen LogP contribution in [0, 0.1) is 0 Å². The molecular weight excluding hydrogens is 276 g/mol. The van der Waals surface area contributed by atoms with Gasteiger partial charge in [-0.2, -0.15) is 0 Å². The Morgan fingerprint density at radius 2 is 1.77 bits per heavy atom. The zero-order chi connectivity index (χ0) is 15.8. The molecule has 0 radical (unpaired) electrons. The number of aliphatic hydroxyl groups is 1. The van der Waals surface area contributed by atoms with Gasteiger partial charge < -0.3 is 15.2 Å². The fourth-order valence-corrected chi connectivity index (χ4v) is 1.95. The lowest BCUT2D eigenvalue weighted by atomic mass is 10.0. The standard InChI is InChI=1S/C18H24N2O2/c1-3-18(2,21)14-20-12-15-4-6-17(7-5-15)22-13-16-8-10-19-11-9-16/h4-11,20-21H,3,12-14H2,1-2H3. The maximum Gasteiger partial charge on any atom is 0.119 e. The maximum absolute atomic E-state index is 9.94. The Balaban J connectivity index is 1.78. The van der Waals surface area contributed by atoms with Gasteiger partial charge in [0.1, 0.15) is 12.4 Å². The summed E-state index contributed by atoms with van der Waals surface area (Å²) in [4.78, 5) is 3.98. The molecule has 4 nitrogen and oxygen atoms in total. The highest BCUT2D eigenvalue weighted by Crippen LogP contribution is 2.14. The number of nitrogens with one attached hydrogen (secondary N) is 1. The van der Waals surface area contributed by atoms with Crippen molar-refractivity contribution in [2.75, 3.05) is 6.54 Å². The van der Waals surface area contributed by atoms with Gasteiger partial charge in [0, 0.05) is 25.5 Å². The van der Waals surface area contributed by atoms with Crippen LogP contribution < -0.4 is 10.1 Å². The van der Waals surface area contributed by atoms with E-state index >= 15 is 0 Å². The number of rotatable bonds is 8. The minimum Gasteiger partial charge on any atom is -0.489 e. The van der Waals surface area contributed by atoms with Crippen molar-refractivity contribution < 1.29 is 9.84 Å². The van der Waals surface area contributed by atoms with Crippen molar-refractivity contribution in [2.45, 2.75) is 39.0 Å². The molecule has 118 valence electrons. The molecule has 1 unspecified atom stereocenters. The van der Waals surface area contributed by atoms with E-state index in [0.717, 1.165) is 24.3 Å². The minimum atomic E-state index is -0.645. The van der Waals surface area contributed by atoms with E-state index in [-0.39, 0.29) is 0 Å². The number of aromatic nitrogens is 1. The Bertz CT molecular complexity index is 553. The van der Waals surface area contributed by atoms with Crippen LogP contribution in [0.1, 0.15) is 31.4 Å². The van der Waals surface area contributed by atoms with Crippen LogP contribution in [0.3, 0.4) is 0 Å². The van der Waals surface area contributed by atoms with E-state index in [0.29, 0.717) is 13.2 Å². The predicted molar refractivity (Wildman–Crippen MR) is 87.6 cm³/mol. The van der Waals surface area contributed by atoms with Crippen LogP contribution in [0.4, 0.5) is 0 Å². The fourth-order valence-electron chi connectivity index (χ4n) is 1.95. The Labute approximate surface area is 132 Å². The summed E-state index contributed by atoms with van der Waals surface area (Å²) < 4.78 is 5.73.